The summed E-state index contributed by atoms with van der Waals surface area (Å²) in [6.07, 6.45) is 3.59. The summed E-state index contributed by atoms with van der Waals surface area (Å²) in [5.41, 5.74) is 4.37. The summed E-state index contributed by atoms with van der Waals surface area (Å²) in [6, 6.07) is 14.8. The van der Waals surface area contributed by atoms with E-state index in [1.165, 1.54) is 0 Å². The van der Waals surface area contributed by atoms with Gasteiger partial charge in [-0.05, 0) is 28.7 Å². The minimum atomic E-state index is -1.21. The second-order valence-electron chi connectivity index (χ2n) is 8.50. The maximum atomic E-state index is 12.5. The van der Waals surface area contributed by atoms with Gasteiger partial charge in [0.2, 0.25) is 5.91 Å². The first-order valence-corrected chi connectivity index (χ1v) is 11.5. The van der Waals surface area contributed by atoms with E-state index in [9.17, 15) is 19.5 Å². The van der Waals surface area contributed by atoms with Crippen molar-refractivity contribution >= 4 is 18.0 Å². The largest absolute Gasteiger partial charge is 0.481 e. The topological polar surface area (TPSA) is 108 Å². The van der Waals surface area contributed by atoms with Crippen molar-refractivity contribution in [2.24, 2.45) is 0 Å². The van der Waals surface area contributed by atoms with Crippen LogP contribution in [0.15, 0.2) is 60.7 Å². The Bertz CT molecular complexity index is 1030. The minimum Gasteiger partial charge on any atom is -0.481 e. The summed E-state index contributed by atoms with van der Waals surface area (Å²) in [5, 5.41) is 14.3. The highest BCUT2D eigenvalue weighted by molar-refractivity contribution is 5.89. The average molecular weight is 464 g/mol. The van der Waals surface area contributed by atoms with Gasteiger partial charge in [-0.2, -0.15) is 0 Å². The van der Waals surface area contributed by atoms with Gasteiger partial charge < -0.3 is 20.5 Å². The second-order valence-corrected chi connectivity index (χ2v) is 8.50. The molecule has 8 heteroatoms. The van der Waals surface area contributed by atoms with Crippen molar-refractivity contribution in [3.05, 3.63) is 71.8 Å². The Balaban J connectivity index is 1.30. The average Bonchev–Trinajstić information content (AvgIpc) is 3.46. The molecule has 0 radical (unpaired) electrons. The molecular formula is C26H29N3O5. The Labute approximate surface area is 198 Å². The molecular weight excluding hydrogens is 434 g/mol. The first kappa shape index (κ1) is 23.5. The van der Waals surface area contributed by atoms with Crippen LogP contribution < -0.4 is 10.6 Å². The lowest BCUT2D eigenvalue weighted by molar-refractivity contribution is -0.139. The smallest absolute Gasteiger partial charge is 0.407 e. The number of aliphatic carboxylic acids is 1. The standard InChI is InChI=1S/C26H29N3O5/c30-24(31)16-23(25(32)27-12-7-15-29-13-5-6-14-29)28-26(33)34-17-22-20-10-3-1-8-18(20)19-9-2-4-11-21(19)22/h1-6,8-11,22-23H,7,12-17H2,(H,27,32)(H,28,33)(H,30,31). The maximum Gasteiger partial charge on any atom is 0.407 e. The van der Waals surface area contributed by atoms with Gasteiger partial charge in [0.05, 0.1) is 6.42 Å². The molecule has 0 aromatic heterocycles. The number of nitrogens with zero attached hydrogens (tertiary/aromatic N) is 1. The number of alkyl carbamates (subject to hydrolysis) is 1. The molecule has 1 atom stereocenters. The highest BCUT2D eigenvalue weighted by atomic mass is 16.5. The first-order chi connectivity index (χ1) is 16.5. The highest BCUT2D eigenvalue weighted by Crippen LogP contribution is 2.44. The van der Waals surface area contributed by atoms with Crippen LogP contribution in [0, 0.1) is 0 Å². The quantitative estimate of drug-likeness (QED) is 0.369. The van der Waals surface area contributed by atoms with E-state index in [4.69, 9.17) is 4.74 Å². The summed E-state index contributed by atoms with van der Waals surface area (Å²) in [7, 11) is 0. The van der Waals surface area contributed by atoms with E-state index in [-0.39, 0.29) is 12.5 Å². The number of rotatable bonds is 10. The molecule has 4 rings (SSSR count). The van der Waals surface area contributed by atoms with E-state index in [1.54, 1.807) is 0 Å². The van der Waals surface area contributed by atoms with Gasteiger partial charge in [-0.15, -0.1) is 0 Å². The van der Waals surface area contributed by atoms with Crippen LogP contribution >= 0.6 is 0 Å². The van der Waals surface area contributed by atoms with Crippen LogP contribution in [0.1, 0.15) is 29.9 Å². The van der Waals surface area contributed by atoms with E-state index in [2.05, 4.69) is 27.7 Å². The molecule has 2 amide bonds. The van der Waals surface area contributed by atoms with Crippen molar-refractivity contribution in [2.75, 3.05) is 32.8 Å². The Morgan fingerprint density at radius 3 is 2.24 bits per heavy atom. The molecule has 1 aliphatic heterocycles. The van der Waals surface area contributed by atoms with Crippen LogP contribution in [-0.2, 0) is 14.3 Å². The number of ether oxygens (including phenoxy) is 1. The van der Waals surface area contributed by atoms with Gasteiger partial charge in [0.25, 0.3) is 0 Å². The monoisotopic (exact) mass is 463 g/mol. The van der Waals surface area contributed by atoms with Gasteiger partial charge in [0, 0.05) is 32.1 Å². The summed E-state index contributed by atoms with van der Waals surface area (Å²) in [4.78, 5) is 38.5. The molecule has 8 nitrogen and oxygen atoms in total. The van der Waals surface area contributed by atoms with Gasteiger partial charge in [-0.1, -0.05) is 60.7 Å². The third-order valence-electron chi connectivity index (χ3n) is 6.18. The molecule has 1 heterocycles. The van der Waals surface area contributed by atoms with E-state index in [0.717, 1.165) is 48.3 Å². The fourth-order valence-electron chi connectivity index (χ4n) is 4.51. The fraction of sp³-hybridized carbons (Fsp3) is 0.346. The van der Waals surface area contributed by atoms with Crippen LogP contribution in [-0.4, -0.2) is 66.8 Å². The van der Waals surface area contributed by atoms with Crippen molar-refractivity contribution in [3.63, 3.8) is 0 Å². The first-order valence-electron chi connectivity index (χ1n) is 11.5. The zero-order chi connectivity index (χ0) is 23.9. The molecule has 34 heavy (non-hydrogen) atoms. The number of hydrogen-bond donors (Lipinski definition) is 3. The number of hydrogen-bond acceptors (Lipinski definition) is 5. The van der Waals surface area contributed by atoms with Crippen LogP contribution in [0.3, 0.4) is 0 Å². The lowest BCUT2D eigenvalue weighted by Crippen LogP contribution is -2.48. The zero-order valence-corrected chi connectivity index (χ0v) is 18.9. The van der Waals surface area contributed by atoms with Crippen LogP contribution in [0.5, 0.6) is 0 Å². The van der Waals surface area contributed by atoms with Gasteiger partial charge in [-0.25, -0.2) is 4.79 Å². The molecule has 2 aromatic rings. The van der Waals surface area contributed by atoms with E-state index >= 15 is 0 Å². The number of carbonyl (C=O) groups is 3. The number of fused-ring (bicyclic) bond motifs is 3. The van der Waals surface area contributed by atoms with Crippen molar-refractivity contribution < 1.29 is 24.2 Å². The van der Waals surface area contributed by atoms with Crippen molar-refractivity contribution in [2.45, 2.75) is 24.8 Å². The molecule has 3 N–H and O–H groups in total. The molecule has 0 saturated heterocycles. The van der Waals surface area contributed by atoms with Gasteiger partial charge >= 0.3 is 12.1 Å². The molecule has 2 aromatic carbocycles. The molecule has 0 fully saturated rings. The van der Waals surface area contributed by atoms with Crippen molar-refractivity contribution in [1.29, 1.82) is 0 Å². The minimum absolute atomic E-state index is 0.0884. The third-order valence-corrected chi connectivity index (χ3v) is 6.18. The summed E-state index contributed by atoms with van der Waals surface area (Å²) in [6.45, 7) is 3.12. The number of carboxylic acid groups (broad SMARTS) is 1. The Morgan fingerprint density at radius 1 is 1.00 bits per heavy atom. The number of carboxylic acids is 1. The molecule has 1 aliphatic carbocycles. The van der Waals surface area contributed by atoms with Crippen molar-refractivity contribution in [1.82, 2.24) is 15.5 Å². The molecule has 0 saturated carbocycles. The lowest BCUT2D eigenvalue weighted by Gasteiger charge is -2.19. The summed E-state index contributed by atoms with van der Waals surface area (Å²) < 4.78 is 5.46. The normalized spacial score (nSPS) is 15.4. The van der Waals surface area contributed by atoms with Crippen molar-refractivity contribution in [3.8, 4) is 11.1 Å². The molecule has 1 unspecified atom stereocenters. The second kappa shape index (κ2) is 11.0. The summed E-state index contributed by atoms with van der Waals surface area (Å²) >= 11 is 0. The number of benzene rings is 2. The maximum absolute atomic E-state index is 12.5. The zero-order valence-electron chi connectivity index (χ0n) is 18.9. The molecule has 178 valence electrons. The van der Waals surface area contributed by atoms with Gasteiger partial charge in [-0.3, -0.25) is 14.5 Å². The number of amides is 2. The van der Waals surface area contributed by atoms with Gasteiger partial charge in [0.1, 0.15) is 12.6 Å². The predicted molar refractivity (Wildman–Crippen MR) is 127 cm³/mol. The number of nitrogens with one attached hydrogen (secondary N) is 2. The fourth-order valence-corrected chi connectivity index (χ4v) is 4.51. The predicted octanol–water partition coefficient (Wildman–Crippen LogP) is 2.75. The molecule has 2 aliphatic rings. The van der Waals surface area contributed by atoms with E-state index < -0.39 is 30.4 Å². The van der Waals surface area contributed by atoms with E-state index in [0.29, 0.717) is 6.54 Å². The Kier molecular flexibility index (Phi) is 7.59. The molecule has 0 bridgehead atoms. The Morgan fingerprint density at radius 2 is 1.62 bits per heavy atom. The van der Waals surface area contributed by atoms with Crippen LogP contribution in [0.4, 0.5) is 4.79 Å². The highest BCUT2D eigenvalue weighted by Gasteiger charge is 2.30. The molecule has 0 spiro atoms. The lowest BCUT2D eigenvalue weighted by atomic mass is 9.98. The Hall–Kier alpha value is -3.65. The third kappa shape index (κ3) is 5.63. The SMILES string of the molecule is O=C(O)CC(NC(=O)OCC1c2ccccc2-c2ccccc21)C(=O)NCCCN1CC=CC1. The summed E-state index contributed by atoms with van der Waals surface area (Å²) in [5.74, 6) is -1.83. The van der Waals surface area contributed by atoms with Crippen LogP contribution in [0.2, 0.25) is 0 Å². The number of carbonyl (C=O) groups excluding carboxylic acids is 2. The van der Waals surface area contributed by atoms with Gasteiger partial charge in [0.15, 0.2) is 0 Å². The van der Waals surface area contributed by atoms with Crippen LogP contribution in [0.25, 0.3) is 11.1 Å². The van der Waals surface area contributed by atoms with E-state index in [1.807, 2.05) is 48.5 Å².